The third kappa shape index (κ3) is 1.95. The first-order valence-corrected chi connectivity index (χ1v) is 6.81. The van der Waals surface area contributed by atoms with Crippen LogP contribution in [0.25, 0.3) is 0 Å². The fourth-order valence-electron chi connectivity index (χ4n) is 3.70. The third-order valence-corrected chi connectivity index (χ3v) is 4.54. The summed E-state index contributed by atoms with van der Waals surface area (Å²) >= 11 is 0. The normalized spacial score (nSPS) is 22.6. The van der Waals surface area contributed by atoms with Crippen molar-refractivity contribution in [1.29, 1.82) is 0 Å². The maximum atomic E-state index is 2.73. The second-order valence-corrected chi connectivity index (χ2v) is 5.61. The second-order valence-electron chi connectivity index (χ2n) is 5.61. The first-order chi connectivity index (χ1) is 8.30. The third-order valence-electron chi connectivity index (χ3n) is 4.54. The van der Waals surface area contributed by atoms with E-state index >= 15 is 0 Å². The lowest BCUT2D eigenvalue weighted by Gasteiger charge is -2.36. The predicted octanol–water partition coefficient (Wildman–Crippen LogP) is 2.75. The number of para-hydroxylation sites is 1. The molecule has 0 atom stereocenters. The van der Waals surface area contributed by atoms with Gasteiger partial charge in [-0.1, -0.05) is 18.2 Å². The predicted molar refractivity (Wildman–Crippen MR) is 72.5 cm³/mol. The molecule has 0 unspecified atom stereocenters. The van der Waals surface area contributed by atoms with Crippen molar-refractivity contribution >= 4 is 5.69 Å². The molecule has 92 valence electrons. The van der Waals surface area contributed by atoms with Gasteiger partial charge in [0.2, 0.25) is 0 Å². The van der Waals surface area contributed by atoms with Crippen LogP contribution >= 0.6 is 0 Å². The average molecular weight is 230 g/mol. The molecule has 2 aliphatic heterocycles. The molecule has 0 aliphatic carbocycles. The van der Waals surface area contributed by atoms with Crippen molar-refractivity contribution in [2.45, 2.75) is 31.2 Å². The van der Waals surface area contributed by atoms with Crippen LogP contribution in [0.15, 0.2) is 30.3 Å². The van der Waals surface area contributed by atoms with E-state index < -0.39 is 0 Å². The molecule has 0 aromatic heterocycles. The Kier molecular flexibility index (Phi) is 2.83. The van der Waals surface area contributed by atoms with Gasteiger partial charge in [-0.15, -0.1) is 0 Å². The summed E-state index contributed by atoms with van der Waals surface area (Å²) in [5.74, 6) is 0. The molecule has 0 N–H and O–H groups in total. The average Bonchev–Trinajstić information content (AvgIpc) is 2.89. The molecule has 0 amide bonds. The minimum absolute atomic E-state index is 0.491. The van der Waals surface area contributed by atoms with Crippen molar-refractivity contribution < 1.29 is 0 Å². The molecule has 3 rings (SSSR count). The Hall–Kier alpha value is -1.02. The molecule has 2 nitrogen and oxygen atoms in total. The number of fused-ring (bicyclic) bond motifs is 1. The highest BCUT2D eigenvalue weighted by atomic mass is 15.3. The van der Waals surface area contributed by atoms with Gasteiger partial charge in [-0.05, 0) is 50.9 Å². The Balaban J connectivity index is 1.74. The quantitative estimate of drug-likeness (QED) is 0.788. The molecule has 2 heterocycles. The highest BCUT2D eigenvalue weighted by Crippen LogP contribution is 2.39. The van der Waals surface area contributed by atoms with Gasteiger partial charge < -0.3 is 4.90 Å². The highest BCUT2D eigenvalue weighted by molar-refractivity contribution is 5.45. The van der Waals surface area contributed by atoms with Crippen LogP contribution in [0.1, 0.15) is 25.7 Å². The zero-order valence-electron chi connectivity index (χ0n) is 10.7. The fraction of sp³-hybridized carbons (Fsp3) is 0.600. The molecule has 2 fully saturated rings. The molecule has 0 bridgehead atoms. The molecular formula is C15H22N2. The van der Waals surface area contributed by atoms with Crippen molar-refractivity contribution in [3.63, 3.8) is 0 Å². The summed E-state index contributed by atoms with van der Waals surface area (Å²) in [5, 5.41) is 0. The van der Waals surface area contributed by atoms with Gasteiger partial charge in [-0.2, -0.15) is 0 Å². The molecule has 1 aromatic carbocycles. The number of hydrogen-bond donors (Lipinski definition) is 0. The Labute approximate surface area is 104 Å². The smallest absolute Gasteiger partial charge is 0.0385 e. The minimum atomic E-state index is 0.491. The highest BCUT2D eigenvalue weighted by Gasteiger charge is 2.44. The van der Waals surface area contributed by atoms with E-state index in [2.05, 4.69) is 47.2 Å². The van der Waals surface area contributed by atoms with Crippen LogP contribution in [0.2, 0.25) is 0 Å². The Morgan fingerprint density at radius 1 is 1.12 bits per heavy atom. The number of anilines is 1. The zero-order chi connectivity index (χ0) is 11.7. The summed E-state index contributed by atoms with van der Waals surface area (Å²) in [5.41, 5.74) is 1.84. The standard InChI is InChI=1S/C15H22N2/c1-16(14-7-3-2-4-8-14)13-15-9-5-11-17(15)12-6-10-15/h2-4,7-8H,5-6,9-13H2,1H3. The van der Waals surface area contributed by atoms with Crippen LogP contribution < -0.4 is 4.90 Å². The van der Waals surface area contributed by atoms with Gasteiger partial charge in [0.05, 0.1) is 0 Å². The van der Waals surface area contributed by atoms with Crippen LogP contribution in [0.5, 0.6) is 0 Å². The molecule has 0 saturated carbocycles. The molecule has 17 heavy (non-hydrogen) atoms. The Bertz CT molecular complexity index is 364. The van der Waals surface area contributed by atoms with Crippen LogP contribution in [0.4, 0.5) is 5.69 Å². The molecule has 0 radical (unpaired) electrons. The summed E-state index contributed by atoms with van der Waals surface area (Å²) in [7, 11) is 2.24. The Morgan fingerprint density at radius 2 is 1.76 bits per heavy atom. The molecule has 2 saturated heterocycles. The number of benzene rings is 1. The summed E-state index contributed by atoms with van der Waals surface area (Å²) in [4.78, 5) is 5.16. The van der Waals surface area contributed by atoms with Gasteiger partial charge in [0.25, 0.3) is 0 Å². The van der Waals surface area contributed by atoms with Gasteiger partial charge in [-0.3, -0.25) is 4.90 Å². The maximum absolute atomic E-state index is 2.73. The van der Waals surface area contributed by atoms with Gasteiger partial charge >= 0.3 is 0 Å². The van der Waals surface area contributed by atoms with Crippen molar-refractivity contribution in [3.05, 3.63) is 30.3 Å². The zero-order valence-corrected chi connectivity index (χ0v) is 10.7. The number of likely N-dealkylation sites (N-methyl/N-ethyl adjacent to an activating group) is 1. The van der Waals surface area contributed by atoms with Gasteiger partial charge in [0, 0.05) is 24.8 Å². The first-order valence-electron chi connectivity index (χ1n) is 6.81. The summed E-state index contributed by atoms with van der Waals surface area (Å²) in [6.07, 6.45) is 5.57. The van der Waals surface area contributed by atoms with Crippen LogP contribution in [-0.4, -0.2) is 37.1 Å². The molecule has 1 aromatic rings. The lowest BCUT2D eigenvalue weighted by molar-refractivity contribution is 0.202. The molecule has 2 heteroatoms. The fourth-order valence-corrected chi connectivity index (χ4v) is 3.70. The molecule has 0 spiro atoms. The number of nitrogens with zero attached hydrogens (tertiary/aromatic N) is 2. The minimum Gasteiger partial charge on any atom is -0.373 e. The number of rotatable bonds is 3. The molecular weight excluding hydrogens is 208 g/mol. The summed E-state index contributed by atoms with van der Waals surface area (Å²) in [6, 6.07) is 10.8. The van der Waals surface area contributed by atoms with E-state index in [9.17, 15) is 0 Å². The Morgan fingerprint density at radius 3 is 2.41 bits per heavy atom. The van der Waals surface area contributed by atoms with E-state index in [1.54, 1.807) is 0 Å². The first kappa shape index (κ1) is 11.1. The second kappa shape index (κ2) is 4.34. The van der Waals surface area contributed by atoms with Gasteiger partial charge in [-0.25, -0.2) is 0 Å². The van der Waals surface area contributed by atoms with E-state index in [4.69, 9.17) is 0 Å². The topological polar surface area (TPSA) is 6.48 Å². The van der Waals surface area contributed by atoms with Crippen LogP contribution in [0, 0.1) is 0 Å². The lowest BCUT2D eigenvalue weighted by atomic mass is 9.93. The van der Waals surface area contributed by atoms with Gasteiger partial charge in [0.1, 0.15) is 0 Å². The van der Waals surface area contributed by atoms with Crippen molar-refractivity contribution in [2.24, 2.45) is 0 Å². The van der Waals surface area contributed by atoms with Crippen molar-refractivity contribution in [1.82, 2.24) is 4.90 Å². The monoisotopic (exact) mass is 230 g/mol. The van der Waals surface area contributed by atoms with E-state index in [1.807, 2.05) is 0 Å². The van der Waals surface area contributed by atoms with Crippen LogP contribution in [0.3, 0.4) is 0 Å². The lowest BCUT2D eigenvalue weighted by Crippen LogP contribution is -2.47. The van der Waals surface area contributed by atoms with Crippen molar-refractivity contribution in [2.75, 3.05) is 31.6 Å². The summed E-state index contributed by atoms with van der Waals surface area (Å²) in [6.45, 7) is 3.84. The van der Waals surface area contributed by atoms with Crippen molar-refractivity contribution in [3.8, 4) is 0 Å². The molecule has 2 aliphatic rings. The van der Waals surface area contributed by atoms with Gasteiger partial charge in [0.15, 0.2) is 0 Å². The van der Waals surface area contributed by atoms with E-state index in [0.29, 0.717) is 5.54 Å². The largest absolute Gasteiger partial charge is 0.373 e. The van der Waals surface area contributed by atoms with E-state index in [0.717, 1.165) is 0 Å². The summed E-state index contributed by atoms with van der Waals surface area (Å²) < 4.78 is 0. The van der Waals surface area contributed by atoms with E-state index in [-0.39, 0.29) is 0 Å². The SMILES string of the molecule is CN(CC12CCCN1CCC2)c1ccccc1. The number of hydrogen-bond acceptors (Lipinski definition) is 2. The van der Waals surface area contributed by atoms with E-state index in [1.165, 1.54) is 51.0 Å². The van der Waals surface area contributed by atoms with Crippen LogP contribution in [-0.2, 0) is 0 Å². The maximum Gasteiger partial charge on any atom is 0.0385 e.